The highest BCUT2D eigenvalue weighted by atomic mass is 35.5. The Morgan fingerprint density at radius 1 is 1.28 bits per heavy atom. The van der Waals surface area contributed by atoms with Gasteiger partial charge in [0, 0.05) is 23.3 Å². The maximum atomic E-state index is 12.6. The number of nitriles is 1. The molecule has 2 aromatic carbocycles. The Bertz CT molecular complexity index is 1040. The zero-order chi connectivity index (χ0) is 21.3. The fourth-order valence-electron chi connectivity index (χ4n) is 3.78. The van der Waals surface area contributed by atoms with Gasteiger partial charge in [-0.3, -0.25) is 4.79 Å². The number of carbonyl (C=O) groups excluding carboxylic acids is 1. The average molecular weight is 428 g/mol. The highest BCUT2D eigenvalue weighted by Crippen LogP contribution is 2.42. The molecular formula is C23H23Cl2N3O. The van der Waals surface area contributed by atoms with Crippen molar-refractivity contribution in [3.05, 3.63) is 63.1 Å². The van der Waals surface area contributed by atoms with E-state index in [4.69, 9.17) is 23.2 Å². The van der Waals surface area contributed by atoms with Crippen molar-refractivity contribution < 1.29 is 4.79 Å². The van der Waals surface area contributed by atoms with Crippen molar-refractivity contribution in [3.8, 4) is 6.07 Å². The van der Waals surface area contributed by atoms with E-state index in [0.29, 0.717) is 21.7 Å². The zero-order valence-electron chi connectivity index (χ0n) is 16.9. The SMILES string of the molecule is CC1CC(C)(C)N(C)c2ccc(/C=C(/C#N)C(=O)Nc3ccc(Cl)cc3Cl)cc21. The Balaban J connectivity index is 1.89. The van der Waals surface area contributed by atoms with Gasteiger partial charge < -0.3 is 10.2 Å². The molecule has 1 aliphatic heterocycles. The van der Waals surface area contributed by atoms with Gasteiger partial charge in [-0.15, -0.1) is 0 Å². The molecule has 0 spiro atoms. The van der Waals surface area contributed by atoms with Crippen LogP contribution >= 0.6 is 23.2 Å². The Morgan fingerprint density at radius 2 is 2.00 bits per heavy atom. The molecule has 1 N–H and O–H groups in total. The summed E-state index contributed by atoms with van der Waals surface area (Å²) >= 11 is 12.0. The van der Waals surface area contributed by atoms with Crippen molar-refractivity contribution in [2.75, 3.05) is 17.3 Å². The lowest BCUT2D eigenvalue weighted by atomic mass is 9.80. The molecule has 150 valence electrons. The summed E-state index contributed by atoms with van der Waals surface area (Å²) in [6.07, 6.45) is 2.64. The van der Waals surface area contributed by atoms with E-state index in [9.17, 15) is 10.1 Å². The minimum Gasteiger partial charge on any atom is -0.369 e. The zero-order valence-corrected chi connectivity index (χ0v) is 18.4. The number of rotatable bonds is 3. The number of halogens is 2. The first-order chi connectivity index (χ1) is 13.6. The number of carbonyl (C=O) groups is 1. The molecule has 6 heteroatoms. The smallest absolute Gasteiger partial charge is 0.266 e. The van der Waals surface area contributed by atoms with Crippen LogP contribution in [0.2, 0.25) is 10.0 Å². The number of hydrogen-bond acceptors (Lipinski definition) is 3. The summed E-state index contributed by atoms with van der Waals surface area (Å²) in [5.74, 6) is -0.127. The highest BCUT2D eigenvalue weighted by Gasteiger charge is 2.33. The van der Waals surface area contributed by atoms with Gasteiger partial charge in [0.15, 0.2) is 0 Å². The lowest BCUT2D eigenvalue weighted by Crippen LogP contribution is -2.45. The predicted octanol–water partition coefficient (Wildman–Crippen LogP) is 6.26. The Labute approximate surface area is 181 Å². The van der Waals surface area contributed by atoms with Gasteiger partial charge in [-0.1, -0.05) is 36.2 Å². The minimum atomic E-state index is -0.513. The molecule has 1 atom stereocenters. The van der Waals surface area contributed by atoms with Gasteiger partial charge in [0.1, 0.15) is 11.6 Å². The molecule has 0 fully saturated rings. The first-order valence-corrected chi connectivity index (χ1v) is 10.1. The second-order valence-electron chi connectivity index (χ2n) is 8.04. The standard InChI is InChI=1S/C23H23Cl2N3O/c1-14-12-23(2,3)28(4)21-8-5-15(10-18(14)21)9-16(13-26)22(29)27-20-7-6-17(24)11-19(20)25/h5-11,14H,12H2,1-4H3,(H,27,29)/b16-9-. The van der Waals surface area contributed by atoms with Gasteiger partial charge in [-0.25, -0.2) is 0 Å². The molecule has 0 aliphatic carbocycles. The molecule has 1 aliphatic rings. The summed E-state index contributed by atoms with van der Waals surface area (Å²) in [6.45, 7) is 6.68. The Hall–Kier alpha value is -2.48. The quantitative estimate of drug-likeness (QED) is 0.464. The van der Waals surface area contributed by atoms with Gasteiger partial charge in [0.2, 0.25) is 0 Å². The third-order valence-corrected chi connectivity index (χ3v) is 6.06. The Kier molecular flexibility index (Phi) is 5.93. The third-order valence-electron chi connectivity index (χ3n) is 5.51. The number of benzene rings is 2. The number of nitrogens with zero attached hydrogens (tertiary/aromatic N) is 2. The largest absolute Gasteiger partial charge is 0.369 e. The summed E-state index contributed by atoms with van der Waals surface area (Å²) in [5.41, 5.74) is 3.72. The number of hydrogen-bond donors (Lipinski definition) is 1. The van der Waals surface area contributed by atoms with Crippen LogP contribution in [0, 0.1) is 11.3 Å². The fourth-order valence-corrected chi connectivity index (χ4v) is 4.24. The van der Waals surface area contributed by atoms with E-state index < -0.39 is 5.91 Å². The van der Waals surface area contributed by atoms with Crippen LogP contribution in [0.3, 0.4) is 0 Å². The van der Waals surface area contributed by atoms with E-state index in [2.05, 4.69) is 50.2 Å². The van der Waals surface area contributed by atoms with E-state index in [1.807, 2.05) is 12.1 Å². The minimum absolute atomic E-state index is 0.00751. The van der Waals surface area contributed by atoms with E-state index in [1.165, 1.54) is 17.3 Å². The molecule has 1 heterocycles. The van der Waals surface area contributed by atoms with Crippen LogP contribution in [0.15, 0.2) is 42.0 Å². The lowest BCUT2D eigenvalue weighted by Gasteiger charge is -2.45. The molecule has 3 rings (SSSR count). The molecule has 0 saturated carbocycles. The summed E-state index contributed by atoms with van der Waals surface area (Å²) in [5, 5.41) is 13.0. The molecule has 0 aromatic heterocycles. The predicted molar refractivity (Wildman–Crippen MR) is 121 cm³/mol. The molecule has 1 unspecified atom stereocenters. The average Bonchev–Trinajstić information content (AvgIpc) is 2.66. The van der Waals surface area contributed by atoms with Crippen LogP contribution in [0.4, 0.5) is 11.4 Å². The highest BCUT2D eigenvalue weighted by molar-refractivity contribution is 6.36. The second kappa shape index (κ2) is 8.10. The fraction of sp³-hybridized carbons (Fsp3) is 0.304. The van der Waals surface area contributed by atoms with Crippen LogP contribution in [0.5, 0.6) is 0 Å². The van der Waals surface area contributed by atoms with E-state index in [1.54, 1.807) is 18.2 Å². The van der Waals surface area contributed by atoms with E-state index >= 15 is 0 Å². The van der Waals surface area contributed by atoms with E-state index in [0.717, 1.165) is 12.0 Å². The van der Waals surface area contributed by atoms with Crippen molar-refractivity contribution in [1.29, 1.82) is 5.26 Å². The van der Waals surface area contributed by atoms with Crippen molar-refractivity contribution in [3.63, 3.8) is 0 Å². The molecule has 29 heavy (non-hydrogen) atoms. The van der Waals surface area contributed by atoms with Gasteiger partial charge in [0.25, 0.3) is 5.91 Å². The number of anilines is 2. The summed E-state index contributed by atoms with van der Waals surface area (Å²) < 4.78 is 0. The maximum Gasteiger partial charge on any atom is 0.266 e. The summed E-state index contributed by atoms with van der Waals surface area (Å²) in [7, 11) is 2.10. The first kappa shape index (κ1) is 21.2. The number of nitrogens with one attached hydrogen (secondary N) is 1. The van der Waals surface area contributed by atoms with Crippen molar-refractivity contribution in [2.45, 2.75) is 38.6 Å². The van der Waals surface area contributed by atoms with Crippen molar-refractivity contribution in [2.24, 2.45) is 0 Å². The van der Waals surface area contributed by atoms with Crippen molar-refractivity contribution in [1.82, 2.24) is 0 Å². The normalized spacial score (nSPS) is 18.0. The second-order valence-corrected chi connectivity index (χ2v) is 8.89. The Morgan fingerprint density at radius 3 is 2.66 bits per heavy atom. The third kappa shape index (κ3) is 4.42. The van der Waals surface area contributed by atoms with Gasteiger partial charge >= 0.3 is 0 Å². The molecule has 0 bridgehead atoms. The maximum absolute atomic E-state index is 12.6. The molecule has 1 amide bonds. The van der Waals surface area contributed by atoms with E-state index in [-0.39, 0.29) is 11.1 Å². The summed E-state index contributed by atoms with van der Waals surface area (Å²) in [6, 6.07) is 12.8. The van der Waals surface area contributed by atoms with Crippen LogP contribution in [-0.2, 0) is 4.79 Å². The first-order valence-electron chi connectivity index (χ1n) is 9.38. The summed E-state index contributed by atoms with van der Waals surface area (Å²) in [4.78, 5) is 14.9. The van der Waals surface area contributed by atoms with Gasteiger partial charge in [-0.05, 0) is 73.7 Å². The monoisotopic (exact) mass is 427 g/mol. The van der Waals surface area contributed by atoms with Gasteiger partial charge in [0.05, 0.1) is 10.7 Å². The molecule has 0 saturated heterocycles. The topological polar surface area (TPSA) is 56.1 Å². The molecule has 0 radical (unpaired) electrons. The number of amides is 1. The van der Waals surface area contributed by atoms with Crippen LogP contribution in [0.25, 0.3) is 6.08 Å². The molecule has 2 aromatic rings. The molecule has 4 nitrogen and oxygen atoms in total. The van der Waals surface area contributed by atoms with Gasteiger partial charge in [-0.2, -0.15) is 5.26 Å². The van der Waals surface area contributed by atoms with Crippen LogP contribution < -0.4 is 10.2 Å². The lowest BCUT2D eigenvalue weighted by molar-refractivity contribution is -0.112. The van der Waals surface area contributed by atoms with Crippen LogP contribution in [-0.4, -0.2) is 18.5 Å². The molecular weight excluding hydrogens is 405 g/mol. The van der Waals surface area contributed by atoms with Crippen LogP contribution in [0.1, 0.15) is 44.2 Å². The number of fused-ring (bicyclic) bond motifs is 1. The van der Waals surface area contributed by atoms with Crippen molar-refractivity contribution >= 4 is 46.6 Å².